The Morgan fingerprint density at radius 3 is 2.36 bits per heavy atom. The van der Waals surface area contributed by atoms with E-state index in [1.165, 1.54) is 0 Å². The average molecular weight is 339 g/mol. The van der Waals surface area contributed by atoms with E-state index < -0.39 is 0 Å². The molecule has 5 heteroatoms. The van der Waals surface area contributed by atoms with Gasteiger partial charge in [0.15, 0.2) is 0 Å². The van der Waals surface area contributed by atoms with Crippen molar-refractivity contribution in [3.05, 3.63) is 65.7 Å². The van der Waals surface area contributed by atoms with Crippen LogP contribution in [0, 0.1) is 0 Å². The van der Waals surface area contributed by atoms with Gasteiger partial charge in [0, 0.05) is 23.3 Å². The number of hydrogen-bond acceptors (Lipinski definition) is 3. The molecule has 0 heterocycles. The predicted molar refractivity (Wildman–Crippen MR) is 100 cm³/mol. The van der Waals surface area contributed by atoms with Gasteiger partial charge in [-0.3, -0.25) is 9.59 Å². The molecule has 0 unspecified atom stereocenters. The normalized spacial score (nSPS) is 10.8. The number of carbonyl (C=O) groups excluding carboxylic acids is 2. The van der Waals surface area contributed by atoms with Gasteiger partial charge in [0.1, 0.15) is 0 Å². The van der Waals surface area contributed by atoms with Crippen molar-refractivity contribution < 1.29 is 9.59 Å². The number of hydrogen-bond donors (Lipinski definition) is 3. The molecule has 0 aliphatic heterocycles. The first-order valence-electron chi connectivity index (χ1n) is 8.30. The summed E-state index contributed by atoms with van der Waals surface area (Å²) in [5.41, 5.74) is 2.07. The molecule has 25 heavy (non-hydrogen) atoms. The number of benzene rings is 2. The first kappa shape index (κ1) is 18.5. The minimum absolute atomic E-state index is 0.0913. The first-order valence-corrected chi connectivity index (χ1v) is 8.30. The van der Waals surface area contributed by atoms with E-state index in [0.717, 1.165) is 11.3 Å². The largest absolute Gasteiger partial charge is 0.376 e. The van der Waals surface area contributed by atoms with Crippen LogP contribution < -0.4 is 16.0 Å². The van der Waals surface area contributed by atoms with Crippen molar-refractivity contribution in [1.29, 1.82) is 0 Å². The second-order valence-corrected chi connectivity index (χ2v) is 6.90. The van der Waals surface area contributed by atoms with Crippen molar-refractivity contribution in [2.24, 2.45) is 0 Å². The minimum Gasteiger partial charge on any atom is -0.376 e. The summed E-state index contributed by atoms with van der Waals surface area (Å²) in [5, 5.41) is 8.82. The molecule has 0 bridgehead atoms. The highest BCUT2D eigenvalue weighted by atomic mass is 16.2. The molecular formula is C20H25N3O2. The van der Waals surface area contributed by atoms with Gasteiger partial charge in [-0.25, -0.2) is 0 Å². The average Bonchev–Trinajstić information content (AvgIpc) is 2.57. The summed E-state index contributed by atoms with van der Waals surface area (Å²) in [5.74, 6) is -0.238. The van der Waals surface area contributed by atoms with Crippen LogP contribution in [0.2, 0.25) is 0 Å². The van der Waals surface area contributed by atoms with E-state index in [-0.39, 0.29) is 23.9 Å². The molecule has 0 radical (unpaired) electrons. The molecule has 132 valence electrons. The van der Waals surface area contributed by atoms with Crippen molar-refractivity contribution in [3.8, 4) is 0 Å². The van der Waals surface area contributed by atoms with Crippen LogP contribution in [-0.2, 0) is 11.3 Å². The number of nitrogens with one attached hydrogen (secondary N) is 3. The van der Waals surface area contributed by atoms with E-state index in [0.29, 0.717) is 12.1 Å². The van der Waals surface area contributed by atoms with Crippen LogP contribution in [0.3, 0.4) is 0 Å². The lowest BCUT2D eigenvalue weighted by atomic mass is 10.1. The molecule has 0 atom stereocenters. The number of anilines is 1. The maximum absolute atomic E-state index is 12.3. The molecule has 5 nitrogen and oxygen atoms in total. The van der Waals surface area contributed by atoms with Gasteiger partial charge in [-0.15, -0.1) is 0 Å². The van der Waals surface area contributed by atoms with E-state index in [1.807, 2.05) is 57.2 Å². The lowest BCUT2D eigenvalue weighted by molar-refractivity contribution is -0.120. The summed E-state index contributed by atoms with van der Waals surface area (Å²) in [7, 11) is 0. The Hall–Kier alpha value is -2.82. The second-order valence-electron chi connectivity index (χ2n) is 6.90. The Morgan fingerprint density at radius 1 is 0.960 bits per heavy atom. The van der Waals surface area contributed by atoms with E-state index in [1.54, 1.807) is 18.2 Å². The van der Waals surface area contributed by atoms with Crippen LogP contribution in [-0.4, -0.2) is 23.9 Å². The lowest BCUT2D eigenvalue weighted by Crippen LogP contribution is -2.43. The topological polar surface area (TPSA) is 70.2 Å². The fraction of sp³-hybridized carbons (Fsp3) is 0.300. The molecule has 0 spiro atoms. The third-order valence-electron chi connectivity index (χ3n) is 3.39. The molecule has 2 rings (SSSR count). The van der Waals surface area contributed by atoms with Crippen LogP contribution in [0.5, 0.6) is 0 Å². The fourth-order valence-electron chi connectivity index (χ4n) is 2.30. The predicted octanol–water partition coefficient (Wildman–Crippen LogP) is 2.94. The highest BCUT2D eigenvalue weighted by Crippen LogP contribution is 2.11. The summed E-state index contributed by atoms with van der Waals surface area (Å²) in [6.45, 7) is 6.44. The molecule has 0 saturated heterocycles. The molecule has 0 aliphatic rings. The third kappa shape index (κ3) is 6.67. The van der Waals surface area contributed by atoms with Gasteiger partial charge in [0.2, 0.25) is 5.91 Å². The van der Waals surface area contributed by atoms with Gasteiger partial charge >= 0.3 is 0 Å². The minimum atomic E-state index is -0.266. The summed E-state index contributed by atoms with van der Waals surface area (Å²) in [6, 6.07) is 16.9. The molecule has 2 aromatic rings. The Balaban J connectivity index is 1.89. The van der Waals surface area contributed by atoms with E-state index in [9.17, 15) is 9.59 Å². The molecule has 0 aliphatic carbocycles. The molecule has 0 aromatic heterocycles. The maximum atomic E-state index is 12.3. The highest BCUT2D eigenvalue weighted by Gasteiger charge is 2.13. The lowest BCUT2D eigenvalue weighted by Gasteiger charge is -2.20. The summed E-state index contributed by atoms with van der Waals surface area (Å²) in [6.07, 6.45) is 0. The van der Waals surface area contributed by atoms with Crippen LogP contribution >= 0.6 is 0 Å². The van der Waals surface area contributed by atoms with Crippen LogP contribution in [0.1, 0.15) is 36.7 Å². The zero-order valence-electron chi connectivity index (χ0n) is 14.9. The van der Waals surface area contributed by atoms with Crippen molar-refractivity contribution in [2.45, 2.75) is 32.9 Å². The number of amides is 2. The summed E-state index contributed by atoms with van der Waals surface area (Å²) in [4.78, 5) is 24.1. The standard InChI is InChI=1S/C20H25N3O2/c1-20(2,3)23-18(24)14-21-17-11-7-10-16(12-17)19(25)22-13-15-8-5-4-6-9-15/h4-12,21H,13-14H2,1-3H3,(H,22,25)(H,23,24). The van der Waals surface area contributed by atoms with Gasteiger partial charge in [0.25, 0.3) is 5.91 Å². The van der Waals surface area contributed by atoms with Gasteiger partial charge in [-0.1, -0.05) is 36.4 Å². The fourth-order valence-corrected chi connectivity index (χ4v) is 2.30. The van der Waals surface area contributed by atoms with Gasteiger partial charge < -0.3 is 16.0 Å². The van der Waals surface area contributed by atoms with Crippen molar-refractivity contribution in [3.63, 3.8) is 0 Å². The molecule has 2 amide bonds. The monoisotopic (exact) mass is 339 g/mol. The molecule has 3 N–H and O–H groups in total. The van der Waals surface area contributed by atoms with Crippen molar-refractivity contribution >= 4 is 17.5 Å². The Labute approximate surface area is 148 Å². The number of rotatable bonds is 6. The highest BCUT2D eigenvalue weighted by molar-refractivity contribution is 5.95. The first-order chi connectivity index (χ1) is 11.8. The Morgan fingerprint density at radius 2 is 1.68 bits per heavy atom. The third-order valence-corrected chi connectivity index (χ3v) is 3.39. The Kier molecular flexibility index (Phi) is 6.17. The van der Waals surface area contributed by atoms with Gasteiger partial charge in [0.05, 0.1) is 6.54 Å². The van der Waals surface area contributed by atoms with Crippen molar-refractivity contribution in [2.75, 3.05) is 11.9 Å². The molecular weight excluding hydrogens is 314 g/mol. The zero-order valence-corrected chi connectivity index (χ0v) is 14.9. The Bertz CT molecular complexity index is 721. The SMILES string of the molecule is CC(C)(C)NC(=O)CNc1cccc(C(=O)NCc2ccccc2)c1. The van der Waals surface area contributed by atoms with Crippen molar-refractivity contribution in [1.82, 2.24) is 10.6 Å². The van der Waals surface area contributed by atoms with E-state index >= 15 is 0 Å². The van der Waals surface area contributed by atoms with Gasteiger partial charge in [-0.2, -0.15) is 0 Å². The summed E-state index contributed by atoms with van der Waals surface area (Å²) < 4.78 is 0. The summed E-state index contributed by atoms with van der Waals surface area (Å²) >= 11 is 0. The van der Waals surface area contributed by atoms with Crippen LogP contribution in [0.4, 0.5) is 5.69 Å². The van der Waals surface area contributed by atoms with Crippen LogP contribution in [0.25, 0.3) is 0 Å². The van der Waals surface area contributed by atoms with E-state index in [4.69, 9.17) is 0 Å². The molecule has 2 aromatic carbocycles. The van der Waals surface area contributed by atoms with Gasteiger partial charge in [-0.05, 0) is 44.5 Å². The second kappa shape index (κ2) is 8.33. The zero-order chi connectivity index (χ0) is 18.3. The van der Waals surface area contributed by atoms with Crippen LogP contribution in [0.15, 0.2) is 54.6 Å². The molecule has 0 saturated carbocycles. The van der Waals surface area contributed by atoms with E-state index in [2.05, 4.69) is 16.0 Å². The smallest absolute Gasteiger partial charge is 0.251 e. The molecule has 0 fully saturated rings. The maximum Gasteiger partial charge on any atom is 0.251 e. The number of carbonyl (C=O) groups is 2. The quantitative estimate of drug-likeness (QED) is 0.758.